The molecule has 74 valence electrons. The van der Waals surface area contributed by atoms with Crippen LogP contribution in [0.25, 0.3) is 0 Å². The molecule has 0 heterocycles. The SMILES string of the molecule is CCN=C(C)CNC.CCNC. The summed E-state index contributed by atoms with van der Waals surface area (Å²) in [7, 11) is 3.86. The topological polar surface area (TPSA) is 36.4 Å². The maximum atomic E-state index is 4.17. The molecule has 0 amide bonds. The molecule has 0 spiro atoms. The molecule has 0 bridgehead atoms. The summed E-state index contributed by atoms with van der Waals surface area (Å²) in [5, 5.41) is 5.95. The van der Waals surface area contributed by atoms with Gasteiger partial charge in [0.15, 0.2) is 0 Å². The van der Waals surface area contributed by atoms with Crippen LogP contribution in [0, 0.1) is 0 Å². The average molecular weight is 173 g/mol. The van der Waals surface area contributed by atoms with Gasteiger partial charge in [-0.05, 0) is 34.5 Å². The first-order valence-electron chi connectivity index (χ1n) is 4.51. The smallest absolute Gasteiger partial charge is 0.0360 e. The van der Waals surface area contributed by atoms with E-state index in [0.717, 1.165) is 19.6 Å². The van der Waals surface area contributed by atoms with Crippen molar-refractivity contribution in [3.05, 3.63) is 0 Å². The Morgan fingerprint density at radius 3 is 1.92 bits per heavy atom. The lowest BCUT2D eigenvalue weighted by atomic mass is 10.4. The molecule has 0 fully saturated rings. The molecule has 0 aliphatic carbocycles. The maximum Gasteiger partial charge on any atom is 0.0360 e. The van der Waals surface area contributed by atoms with Gasteiger partial charge in [-0.1, -0.05) is 6.92 Å². The Kier molecular flexibility index (Phi) is 15.5. The van der Waals surface area contributed by atoms with E-state index < -0.39 is 0 Å². The van der Waals surface area contributed by atoms with E-state index in [4.69, 9.17) is 0 Å². The van der Waals surface area contributed by atoms with E-state index in [1.165, 1.54) is 5.71 Å². The van der Waals surface area contributed by atoms with Gasteiger partial charge in [-0.25, -0.2) is 0 Å². The minimum absolute atomic E-state index is 0.896. The Bertz CT molecular complexity index is 97.9. The van der Waals surface area contributed by atoms with Gasteiger partial charge >= 0.3 is 0 Å². The summed E-state index contributed by atoms with van der Waals surface area (Å²) in [6.45, 7) is 9.01. The monoisotopic (exact) mass is 173 g/mol. The third kappa shape index (κ3) is 16.3. The highest BCUT2D eigenvalue weighted by Gasteiger charge is 1.82. The number of nitrogens with one attached hydrogen (secondary N) is 2. The predicted molar refractivity (Wildman–Crippen MR) is 57.2 cm³/mol. The van der Waals surface area contributed by atoms with Gasteiger partial charge in [0.1, 0.15) is 0 Å². The summed E-state index contributed by atoms with van der Waals surface area (Å²) >= 11 is 0. The van der Waals surface area contributed by atoms with E-state index >= 15 is 0 Å². The first-order valence-corrected chi connectivity index (χ1v) is 4.51. The summed E-state index contributed by atoms with van der Waals surface area (Å²) in [6.07, 6.45) is 0. The summed E-state index contributed by atoms with van der Waals surface area (Å²) in [4.78, 5) is 4.17. The van der Waals surface area contributed by atoms with Crippen LogP contribution >= 0.6 is 0 Å². The van der Waals surface area contributed by atoms with E-state index in [2.05, 4.69) is 22.5 Å². The van der Waals surface area contributed by atoms with Gasteiger partial charge in [0, 0.05) is 18.8 Å². The first-order chi connectivity index (χ1) is 5.72. The molecular formula is C9H23N3. The van der Waals surface area contributed by atoms with Crippen molar-refractivity contribution < 1.29 is 0 Å². The second kappa shape index (κ2) is 13.2. The molecule has 2 N–H and O–H groups in total. The molecule has 3 heteroatoms. The number of rotatable bonds is 4. The fourth-order valence-electron chi connectivity index (χ4n) is 0.582. The summed E-state index contributed by atoms with van der Waals surface area (Å²) in [5.74, 6) is 0. The molecule has 0 saturated carbocycles. The van der Waals surface area contributed by atoms with Crippen LogP contribution in [0.4, 0.5) is 0 Å². The van der Waals surface area contributed by atoms with Crippen LogP contribution < -0.4 is 10.6 Å². The highest BCUT2D eigenvalue weighted by atomic mass is 14.8. The molecule has 0 aromatic rings. The van der Waals surface area contributed by atoms with Crippen molar-refractivity contribution in [2.24, 2.45) is 4.99 Å². The van der Waals surface area contributed by atoms with Crippen LogP contribution in [0.5, 0.6) is 0 Å². The number of hydrogen-bond donors (Lipinski definition) is 2. The van der Waals surface area contributed by atoms with Gasteiger partial charge < -0.3 is 10.6 Å². The zero-order valence-electron chi connectivity index (χ0n) is 9.07. The van der Waals surface area contributed by atoms with Gasteiger partial charge in [-0.15, -0.1) is 0 Å². The molecule has 0 aliphatic rings. The largest absolute Gasteiger partial charge is 0.320 e. The minimum atomic E-state index is 0.896. The van der Waals surface area contributed by atoms with Crippen molar-refractivity contribution in [2.75, 3.05) is 33.7 Å². The van der Waals surface area contributed by atoms with E-state index in [0.29, 0.717) is 0 Å². The van der Waals surface area contributed by atoms with Crippen molar-refractivity contribution in [2.45, 2.75) is 20.8 Å². The molecule has 0 radical (unpaired) electrons. The third-order valence-corrected chi connectivity index (χ3v) is 1.21. The van der Waals surface area contributed by atoms with Crippen LogP contribution in [0.1, 0.15) is 20.8 Å². The standard InChI is InChI=1S/C6H14N2.C3H9N/c1-4-8-6(2)5-7-3;1-3-4-2/h7H,4-5H2,1-3H3;4H,3H2,1-2H3. The van der Waals surface area contributed by atoms with Crippen LogP contribution in [-0.4, -0.2) is 39.4 Å². The van der Waals surface area contributed by atoms with E-state index in [-0.39, 0.29) is 0 Å². The number of hydrogen-bond acceptors (Lipinski definition) is 3. The second-order valence-corrected chi connectivity index (χ2v) is 2.45. The van der Waals surface area contributed by atoms with Gasteiger partial charge in [0.2, 0.25) is 0 Å². The summed E-state index contributed by atoms with van der Waals surface area (Å²) < 4.78 is 0. The Morgan fingerprint density at radius 2 is 1.67 bits per heavy atom. The van der Waals surface area contributed by atoms with E-state index in [9.17, 15) is 0 Å². The van der Waals surface area contributed by atoms with Gasteiger partial charge in [-0.2, -0.15) is 0 Å². The van der Waals surface area contributed by atoms with Gasteiger partial charge in [0.05, 0.1) is 0 Å². The first kappa shape index (κ1) is 14.1. The Morgan fingerprint density at radius 1 is 1.17 bits per heavy atom. The summed E-state index contributed by atoms with van der Waals surface area (Å²) in [6, 6.07) is 0. The molecule has 0 atom stereocenters. The van der Waals surface area contributed by atoms with Crippen molar-refractivity contribution in [1.82, 2.24) is 10.6 Å². The van der Waals surface area contributed by atoms with Crippen molar-refractivity contribution in [3.8, 4) is 0 Å². The van der Waals surface area contributed by atoms with Crippen LogP contribution in [0.15, 0.2) is 4.99 Å². The van der Waals surface area contributed by atoms with Gasteiger partial charge in [0.25, 0.3) is 0 Å². The van der Waals surface area contributed by atoms with E-state index in [1.807, 2.05) is 27.9 Å². The predicted octanol–water partition coefficient (Wildman–Crippen LogP) is 0.912. The van der Waals surface area contributed by atoms with E-state index in [1.54, 1.807) is 0 Å². The van der Waals surface area contributed by atoms with Gasteiger partial charge in [-0.3, -0.25) is 4.99 Å². The number of aliphatic imine (C=N–C) groups is 1. The second-order valence-electron chi connectivity index (χ2n) is 2.45. The normalized spacial score (nSPS) is 10.6. The maximum absolute atomic E-state index is 4.17. The highest BCUT2D eigenvalue weighted by molar-refractivity contribution is 5.83. The minimum Gasteiger partial charge on any atom is -0.320 e. The Labute approximate surface area is 76.7 Å². The van der Waals surface area contributed by atoms with Crippen molar-refractivity contribution >= 4 is 5.71 Å². The Balaban J connectivity index is 0. The van der Waals surface area contributed by atoms with Crippen molar-refractivity contribution in [3.63, 3.8) is 0 Å². The zero-order chi connectivity index (χ0) is 9.82. The third-order valence-electron chi connectivity index (χ3n) is 1.21. The molecule has 0 saturated heterocycles. The average Bonchev–Trinajstić information content (AvgIpc) is 2.06. The molecule has 12 heavy (non-hydrogen) atoms. The molecule has 3 nitrogen and oxygen atoms in total. The zero-order valence-corrected chi connectivity index (χ0v) is 9.07. The lowest BCUT2D eigenvalue weighted by molar-refractivity contribution is 0.864. The summed E-state index contributed by atoms with van der Waals surface area (Å²) in [5.41, 5.74) is 1.18. The van der Waals surface area contributed by atoms with Crippen LogP contribution in [0.3, 0.4) is 0 Å². The fraction of sp³-hybridized carbons (Fsp3) is 0.889. The Hall–Kier alpha value is -0.410. The lowest BCUT2D eigenvalue weighted by Gasteiger charge is -1.94. The molecule has 0 rings (SSSR count). The molecule has 0 unspecified atom stereocenters. The molecular weight excluding hydrogens is 150 g/mol. The quantitative estimate of drug-likeness (QED) is 0.620. The highest BCUT2D eigenvalue weighted by Crippen LogP contribution is 1.73. The van der Waals surface area contributed by atoms with Crippen LogP contribution in [0.2, 0.25) is 0 Å². The molecule has 0 aliphatic heterocycles. The van der Waals surface area contributed by atoms with Crippen LogP contribution in [-0.2, 0) is 0 Å². The molecule has 0 aromatic heterocycles. The molecule has 0 aromatic carbocycles. The lowest BCUT2D eigenvalue weighted by Crippen LogP contribution is -2.15. The fourth-order valence-corrected chi connectivity index (χ4v) is 0.582. The van der Waals surface area contributed by atoms with Crippen molar-refractivity contribution in [1.29, 1.82) is 0 Å². The number of nitrogens with zero attached hydrogens (tertiary/aromatic N) is 1.